The van der Waals surface area contributed by atoms with Crippen LogP contribution in [0.5, 0.6) is 0 Å². The number of hydrogen-bond acceptors (Lipinski definition) is 6. The predicted octanol–water partition coefficient (Wildman–Crippen LogP) is 5.05. The van der Waals surface area contributed by atoms with Crippen molar-refractivity contribution in [2.24, 2.45) is 11.8 Å². The smallest absolute Gasteiger partial charge is 0.310 e. The van der Waals surface area contributed by atoms with E-state index in [2.05, 4.69) is 29.1 Å². The Hall–Kier alpha value is -2.59. The Balaban J connectivity index is 1.60. The van der Waals surface area contributed by atoms with Crippen molar-refractivity contribution in [3.8, 4) is 0 Å². The Morgan fingerprint density at radius 2 is 1.90 bits per heavy atom. The molecule has 0 radical (unpaired) electrons. The minimum Gasteiger partial charge on any atom is -0.465 e. The van der Waals surface area contributed by atoms with Crippen LogP contribution in [0.2, 0.25) is 5.02 Å². The molecule has 2 aromatic carbocycles. The highest BCUT2D eigenvalue weighted by molar-refractivity contribution is 9.09. The average molecular weight is 674 g/mol. The molecule has 3 saturated heterocycles. The first-order valence-corrected chi connectivity index (χ1v) is 16.2. The maximum atomic E-state index is 14.8. The summed E-state index contributed by atoms with van der Waals surface area (Å²) in [4.78, 5) is 45.9. The van der Waals surface area contributed by atoms with E-state index >= 15 is 0 Å². The predicted molar refractivity (Wildman–Crippen MR) is 170 cm³/mol. The SMILES string of the molecule is C=CCCOC(=O)[C@H]1[C@H]2C(=O)N([C@@H](CO)Cc3ccccc3)C(C(=O)N(CC=C)c3ccc(Cl)cc3)C23CC(Br)[C@@H]1S3. The van der Waals surface area contributed by atoms with Gasteiger partial charge in [-0.3, -0.25) is 14.4 Å². The highest BCUT2D eigenvalue weighted by Crippen LogP contribution is 2.68. The van der Waals surface area contributed by atoms with Crippen LogP contribution in [0.25, 0.3) is 0 Å². The second kappa shape index (κ2) is 13.0. The summed E-state index contributed by atoms with van der Waals surface area (Å²) in [6, 6.07) is 14.9. The third-order valence-electron chi connectivity index (χ3n) is 8.43. The molecule has 3 aliphatic heterocycles. The van der Waals surface area contributed by atoms with E-state index < -0.39 is 34.6 Å². The van der Waals surface area contributed by atoms with E-state index in [9.17, 15) is 19.5 Å². The van der Waals surface area contributed by atoms with Gasteiger partial charge in [0, 0.05) is 27.3 Å². The van der Waals surface area contributed by atoms with E-state index in [1.165, 1.54) is 11.8 Å². The fourth-order valence-electron chi connectivity index (χ4n) is 6.71. The lowest BCUT2D eigenvalue weighted by Gasteiger charge is -2.40. The summed E-state index contributed by atoms with van der Waals surface area (Å²) in [6.45, 7) is 7.61. The minimum absolute atomic E-state index is 0.0937. The van der Waals surface area contributed by atoms with Crippen LogP contribution in [0.15, 0.2) is 79.9 Å². The molecule has 3 aliphatic rings. The van der Waals surface area contributed by atoms with Crippen LogP contribution in [0, 0.1) is 11.8 Å². The van der Waals surface area contributed by atoms with E-state index in [0.29, 0.717) is 30.0 Å². The summed E-state index contributed by atoms with van der Waals surface area (Å²) < 4.78 is 4.73. The van der Waals surface area contributed by atoms with Crippen molar-refractivity contribution in [3.63, 3.8) is 0 Å². The van der Waals surface area contributed by atoms with Crippen LogP contribution in [-0.4, -0.2) is 74.5 Å². The number of fused-ring (bicyclic) bond motifs is 1. The summed E-state index contributed by atoms with van der Waals surface area (Å²) >= 11 is 11.5. The van der Waals surface area contributed by atoms with E-state index in [4.69, 9.17) is 16.3 Å². The molecule has 7 atom stereocenters. The molecular formula is C32H34BrClN2O5S. The molecule has 42 heavy (non-hydrogen) atoms. The number of benzene rings is 2. The van der Waals surface area contributed by atoms with Gasteiger partial charge in [-0.25, -0.2) is 0 Å². The van der Waals surface area contributed by atoms with Gasteiger partial charge in [0.05, 0.1) is 35.8 Å². The lowest BCUT2D eigenvalue weighted by molar-refractivity contribution is -0.154. The summed E-state index contributed by atoms with van der Waals surface area (Å²) in [5, 5.41) is 11.0. The van der Waals surface area contributed by atoms with E-state index in [0.717, 1.165) is 5.56 Å². The summed E-state index contributed by atoms with van der Waals surface area (Å²) in [5.74, 6) is -2.49. The highest BCUT2D eigenvalue weighted by atomic mass is 79.9. The molecule has 1 spiro atoms. The largest absolute Gasteiger partial charge is 0.465 e. The monoisotopic (exact) mass is 672 g/mol. The molecule has 3 unspecified atom stereocenters. The van der Waals surface area contributed by atoms with Crippen molar-refractivity contribution in [1.29, 1.82) is 0 Å². The third-order valence-corrected chi connectivity index (χ3v) is 11.9. The highest BCUT2D eigenvalue weighted by Gasteiger charge is 2.76. The molecular weight excluding hydrogens is 640 g/mol. The normalized spacial score (nSPS) is 28.3. The molecule has 10 heteroatoms. The molecule has 2 bridgehead atoms. The lowest BCUT2D eigenvalue weighted by Crippen LogP contribution is -2.58. The van der Waals surface area contributed by atoms with Crippen molar-refractivity contribution in [1.82, 2.24) is 4.90 Å². The van der Waals surface area contributed by atoms with Crippen LogP contribution >= 0.6 is 39.3 Å². The number of aliphatic hydroxyl groups excluding tert-OH is 1. The van der Waals surface area contributed by atoms with Gasteiger partial charge in [0.2, 0.25) is 5.91 Å². The zero-order valence-corrected chi connectivity index (χ0v) is 26.3. The Morgan fingerprint density at radius 3 is 2.55 bits per heavy atom. The van der Waals surface area contributed by atoms with Gasteiger partial charge in [-0.1, -0.05) is 70.0 Å². The Bertz CT molecular complexity index is 1340. The summed E-state index contributed by atoms with van der Waals surface area (Å²) in [5.41, 5.74) is 1.55. The standard InChI is InChI=1S/C32H34BrClN2O5S/c1-3-5-16-41-31(40)25-26-29(38)36(23(19-37)17-20-9-7-6-8-10-20)28(32(26)18-24(33)27(25)42-32)30(39)35(15-4-2)22-13-11-21(34)12-14-22/h3-4,6-14,23-28,37H,1-2,5,15-19H2/t23-,24?,25+,26+,27+,28?,32?/m1/s1. The number of thioether (sulfide) groups is 1. The number of likely N-dealkylation sites (tertiary alicyclic amines) is 1. The van der Waals surface area contributed by atoms with Crippen molar-refractivity contribution in [3.05, 3.63) is 90.5 Å². The Kier molecular flexibility index (Phi) is 9.52. The Morgan fingerprint density at radius 1 is 1.19 bits per heavy atom. The van der Waals surface area contributed by atoms with Crippen LogP contribution in [0.1, 0.15) is 18.4 Å². The third kappa shape index (κ3) is 5.45. The van der Waals surface area contributed by atoms with E-state index in [1.54, 1.807) is 46.2 Å². The Labute approximate surface area is 264 Å². The number of halogens is 2. The maximum Gasteiger partial charge on any atom is 0.310 e. The lowest BCUT2D eigenvalue weighted by atomic mass is 9.71. The summed E-state index contributed by atoms with van der Waals surface area (Å²) in [7, 11) is 0. The van der Waals surface area contributed by atoms with E-state index in [-0.39, 0.29) is 41.6 Å². The van der Waals surface area contributed by atoms with Gasteiger partial charge >= 0.3 is 5.97 Å². The number of amides is 2. The van der Waals surface area contributed by atoms with Gasteiger partial charge in [0.25, 0.3) is 5.91 Å². The van der Waals surface area contributed by atoms with Crippen LogP contribution in [-0.2, 0) is 25.5 Å². The maximum absolute atomic E-state index is 14.8. The quantitative estimate of drug-likeness (QED) is 0.147. The van der Waals surface area contributed by atoms with Crippen LogP contribution < -0.4 is 4.90 Å². The first-order chi connectivity index (χ1) is 20.3. The number of ether oxygens (including phenoxy) is 1. The number of alkyl halides is 1. The van der Waals surface area contributed by atoms with Gasteiger partial charge in [-0.2, -0.15) is 0 Å². The molecule has 0 aromatic heterocycles. The number of carbonyl (C=O) groups is 3. The average Bonchev–Trinajstić information content (AvgIpc) is 3.59. The zero-order valence-electron chi connectivity index (χ0n) is 23.1. The molecule has 0 aliphatic carbocycles. The number of carbonyl (C=O) groups excluding carboxylic acids is 3. The van der Waals surface area contributed by atoms with Gasteiger partial charge in [0.15, 0.2) is 0 Å². The van der Waals surface area contributed by atoms with Crippen molar-refractivity contribution >= 4 is 62.8 Å². The topological polar surface area (TPSA) is 87.1 Å². The molecule has 222 valence electrons. The van der Waals surface area contributed by atoms with Crippen molar-refractivity contribution in [2.75, 3.05) is 24.7 Å². The first kappa shape index (κ1) is 30.9. The second-order valence-electron chi connectivity index (χ2n) is 10.9. The summed E-state index contributed by atoms with van der Waals surface area (Å²) in [6.07, 6.45) is 4.70. The molecule has 5 rings (SSSR count). The van der Waals surface area contributed by atoms with Crippen molar-refractivity contribution in [2.45, 2.75) is 46.2 Å². The molecule has 2 aromatic rings. The van der Waals surface area contributed by atoms with E-state index in [1.807, 2.05) is 30.3 Å². The number of nitrogens with zero attached hydrogens (tertiary/aromatic N) is 2. The van der Waals surface area contributed by atoms with Crippen LogP contribution in [0.3, 0.4) is 0 Å². The number of rotatable bonds is 12. The zero-order chi connectivity index (χ0) is 30.0. The van der Waals surface area contributed by atoms with Crippen molar-refractivity contribution < 1.29 is 24.2 Å². The first-order valence-electron chi connectivity index (χ1n) is 14.0. The molecule has 0 saturated carbocycles. The fourth-order valence-corrected chi connectivity index (χ4v) is 10.4. The molecule has 7 nitrogen and oxygen atoms in total. The number of esters is 1. The fraction of sp³-hybridized carbons (Fsp3) is 0.406. The van der Waals surface area contributed by atoms with Gasteiger partial charge in [0.1, 0.15) is 6.04 Å². The molecule has 2 amide bonds. The van der Waals surface area contributed by atoms with Gasteiger partial charge in [-0.05, 0) is 49.1 Å². The minimum atomic E-state index is -0.924. The molecule has 3 heterocycles. The molecule has 1 N–H and O–H groups in total. The molecule has 3 fully saturated rings. The number of hydrogen-bond donors (Lipinski definition) is 1. The second-order valence-corrected chi connectivity index (χ2v) is 14.0. The number of anilines is 1. The van der Waals surface area contributed by atoms with Gasteiger partial charge in [-0.15, -0.1) is 24.9 Å². The van der Waals surface area contributed by atoms with Crippen LogP contribution in [0.4, 0.5) is 5.69 Å². The number of aliphatic hydroxyl groups is 1. The van der Waals surface area contributed by atoms with Gasteiger partial charge < -0.3 is 19.6 Å².